The van der Waals surface area contributed by atoms with Crippen LogP contribution in [-0.4, -0.2) is 0 Å². The third-order valence-corrected chi connectivity index (χ3v) is 3.53. The lowest BCUT2D eigenvalue weighted by Crippen LogP contribution is -1.98. The van der Waals surface area contributed by atoms with E-state index in [4.69, 9.17) is 27.3 Å². The van der Waals surface area contributed by atoms with E-state index in [2.05, 4.69) is 15.9 Å². The minimum absolute atomic E-state index is 0.312. The Hall–Kier alpha value is -1.70. The molecular weight excluding hydrogens is 328 g/mol. The van der Waals surface area contributed by atoms with Crippen molar-refractivity contribution in [3.8, 4) is 11.8 Å². The Kier molecular flexibility index (Phi) is 4.31. The Morgan fingerprint density at radius 3 is 2.74 bits per heavy atom. The number of anilines is 1. The molecule has 19 heavy (non-hydrogen) atoms. The molecule has 2 N–H and O–H groups in total. The van der Waals surface area contributed by atoms with Gasteiger partial charge in [-0.2, -0.15) is 5.26 Å². The van der Waals surface area contributed by atoms with Gasteiger partial charge in [0.25, 0.3) is 0 Å². The van der Waals surface area contributed by atoms with Crippen molar-refractivity contribution in [3.63, 3.8) is 0 Å². The summed E-state index contributed by atoms with van der Waals surface area (Å²) in [7, 11) is 0. The van der Waals surface area contributed by atoms with Crippen molar-refractivity contribution < 1.29 is 4.74 Å². The maximum atomic E-state index is 8.77. The largest absolute Gasteiger partial charge is 0.488 e. The number of nitrogens with zero attached hydrogens (tertiary/aromatic N) is 1. The van der Waals surface area contributed by atoms with Crippen LogP contribution in [0.3, 0.4) is 0 Å². The number of halogens is 2. The molecule has 0 aromatic heterocycles. The molecule has 0 heterocycles. The average Bonchev–Trinajstić information content (AvgIpc) is 2.40. The highest BCUT2D eigenvalue weighted by molar-refractivity contribution is 9.10. The number of hydrogen-bond acceptors (Lipinski definition) is 3. The van der Waals surface area contributed by atoms with E-state index in [1.807, 2.05) is 12.1 Å². The van der Waals surface area contributed by atoms with Gasteiger partial charge in [0.2, 0.25) is 0 Å². The monoisotopic (exact) mass is 336 g/mol. The second kappa shape index (κ2) is 5.96. The van der Waals surface area contributed by atoms with Crippen molar-refractivity contribution in [1.82, 2.24) is 0 Å². The maximum absolute atomic E-state index is 8.77. The van der Waals surface area contributed by atoms with Crippen molar-refractivity contribution in [2.24, 2.45) is 0 Å². The number of benzene rings is 2. The van der Waals surface area contributed by atoms with Crippen LogP contribution in [0.5, 0.6) is 5.75 Å². The third-order valence-electron chi connectivity index (χ3n) is 2.52. The topological polar surface area (TPSA) is 59.0 Å². The highest BCUT2D eigenvalue weighted by Gasteiger charge is 2.05. The molecular formula is C14H10BrClN2O. The molecule has 0 radical (unpaired) electrons. The van der Waals surface area contributed by atoms with Gasteiger partial charge in [-0.15, -0.1) is 0 Å². The molecule has 2 aromatic rings. The third kappa shape index (κ3) is 3.40. The fourth-order valence-electron chi connectivity index (χ4n) is 1.52. The smallest absolute Gasteiger partial charge is 0.136 e. The summed E-state index contributed by atoms with van der Waals surface area (Å²) in [5.74, 6) is 0.653. The van der Waals surface area contributed by atoms with Gasteiger partial charge in [0, 0.05) is 22.3 Å². The van der Waals surface area contributed by atoms with Crippen molar-refractivity contribution in [2.45, 2.75) is 6.61 Å². The summed E-state index contributed by atoms with van der Waals surface area (Å²) in [5.41, 5.74) is 7.67. The van der Waals surface area contributed by atoms with Crippen molar-refractivity contribution in [2.75, 3.05) is 5.73 Å². The number of hydrogen-bond donors (Lipinski definition) is 1. The number of rotatable bonds is 3. The SMILES string of the molecule is N#Cc1ccc(COc2cc(N)ccc2Br)c(Cl)c1. The Morgan fingerprint density at radius 1 is 1.26 bits per heavy atom. The summed E-state index contributed by atoms with van der Waals surface area (Å²) in [4.78, 5) is 0. The van der Waals surface area contributed by atoms with Crippen LogP contribution >= 0.6 is 27.5 Å². The first-order valence-corrected chi connectivity index (χ1v) is 6.63. The summed E-state index contributed by atoms with van der Waals surface area (Å²) < 4.78 is 6.49. The first-order valence-electron chi connectivity index (χ1n) is 5.46. The van der Waals surface area contributed by atoms with Crippen LogP contribution in [0.25, 0.3) is 0 Å². The number of nitrogen functional groups attached to an aromatic ring is 1. The van der Waals surface area contributed by atoms with Crippen LogP contribution in [0.4, 0.5) is 5.69 Å². The summed E-state index contributed by atoms with van der Waals surface area (Å²) in [6.07, 6.45) is 0. The molecule has 0 bridgehead atoms. The van der Waals surface area contributed by atoms with E-state index in [9.17, 15) is 0 Å². The lowest BCUT2D eigenvalue weighted by atomic mass is 10.1. The average molecular weight is 338 g/mol. The van der Waals surface area contributed by atoms with Gasteiger partial charge in [-0.1, -0.05) is 17.7 Å². The van der Waals surface area contributed by atoms with Crippen LogP contribution in [-0.2, 0) is 6.61 Å². The van der Waals surface area contributed by atoms with Gasteiger partial charge >= 0.3 is 0 Å². The first kappa shape index (κ1) is 13.7. The molecule has 2 rings (SSSR count). The lowest BCUT2D eigenvalue weighted by Gasteiger charge is -2.10. The van der Waals surface area contributed by atoms with E-state index >= 15 is 0 Å². The maximum Gasteiger partial charge on any atom is 0.136 e. The molecule has 0 aliphatic carbocycles. The molecule has 96 valence electrons. The van der Waals surface area contributed by atoms with Gasteiger partial charge in [0.1, 0.15) is 12.4 Å². The highest BCUT2D eigenvalue weighted by Crippen LogP contribution is 2.28. The van der Waals surface area contributed by atoms with Gasteiger partial charge in [-0.3, -0.25) is 0 Å². The van der Waals surface area contributed by atoms with Gasteiger partial charge in [0.15, 0.2) is 0 Å². The molecule has 0 aliphatic rings. The molecule has 2 aromatic carbocycles. The van der Waals surface area contributed by atoms with Crippen molar-refractivity contribution >= 4 is 33.2 Å². The Bertz CT molecular complexity index is 652. The quantitative estimate of drug-likeness (QED) is 0.856. The zero-order chi connectivity index (χ0) is 13.8. The normalized spacial score (nSPS) is 9.95. The van der Waals surface area contributed by atoms with Crippen LogP contribution in [0.1, 0.15) is 11.1 Å². The predicted molar refractivity (Wildman–Crippen MR) is 79.1 cm³/mol. The summed E-state index contributed by atoms with van der Waals surface area (Å²) in [6.45, 7) is 0.312. The van der Waals surface area contributed by atoms with E-state index in [0.29, 0.717) is 28.6 Å². The summed E-state index contributed by atoms with van der Waals surface area (Å²) >= 11 is 9.47. The highest BCUT2D eigenvalue weighted by atomic mass is 79.9. The minimum Gasteiger partial charge on any atom is -0.488 e. The van der Waals surface area contributed by atoms with E-state index < -0.39 is 0 Å². The Labute approximate surface area is 124 Å². The van der Waals surface area contributed by atoms with Gasteiger partial charge in [0.05, 0.1) is 16.1 Å². The summed E-state index contributed by atoms with van der Waals surface area (Å²) in [6, 6.07) is 12.5. The fourth-order valence-corrected chi connectivity index (χ4v) is 2.12. The van der Waals surface area contributed by atoms with Crippen LogP contribution < -0.4 is 10.5 Å². The standard InChI is InChI=1S/C14H10BrClN2O/c15-12-4-3-11(18)6-14(12)19-8-10-2-1-9(7-17)5-13(10)16/h1-6H,8,18H2. The van der Waals surface area contributed by atoms with Crippen LogP contribution in [0.2, 0.25) is 5.02 Å². The Morgan fingerprint density at radius 2 is 2.05 bits per heavy atom. The zero-order valence-electron chi connectivity index (χ0n) is 9.86. The molecule has 0 amide bonds. The molecule has 0 atom stereocenters. The van der Waals surface area contributed by atoms with Gasteiger partial charge < -0.3 is 10.5 Å². The van der Waals surface area contributed by atoms with Gasteiger partial charge in [-0.05, 0) is 40.2 Å². The molecule has 5 heteroatoms. The van der Waals surface area contributed by atoms with Crippen LogP contribution in [0, 0.1) is 11.3 Å². The van der Waals surface area contributed by atoms with Crippen molar-refractivity contribution in [1.29, 1.82) is 5.26 Å². The Balaban J connectivity index is 2.15. The van der Waals surface area contributed by atoms with E-state index in [0.717, 1.165) is 10.0 Å². The molecule has 0 saturated carbocycles. The number of nitrogens with two attached hydrogens (primary N) is 1. The molecule has 0 saturated heterocycles. The first-order chi connectivity index (χ1) is 9.10. The minimum atomic E-state index is 0.312. The second-order valence-corrected chi connectivity index (χ2v) is 5.16. The number of ether oxygens (including phenoxy) is 1. The predicted octanol–water partition coefficient (Wildman–Crippen LogP) is 4.14. The van der Waals surface area contributed by atoms with E-state index in [1.165, 1.54) is 0 Å². The van der Waals surface area contributed by atoms with E-state index in [-0.39, 0.29) is 0 Å². The molecule has 0 unspecified atom stereocenters. The molecule has 0 aliphatic heterocycles. The number of nitriles is 1. The van der Waals surface area contributed by atoms with E-state index in [1.54, 1.807) is 30.3 Å². The summed E-state index contributed by atoms with van der Waals surface area (Å²) in [5, 5.41) is 9.28. The zero-order valence-corrected chi connectivity index (χ0v) is 12.2. The van der Waals surface area contributed by atoms with Gasteiger partial charge in [-0.25, -0.2) is 0 Å². The van der Waals surface area contributed by atoms with Crippen molar-refractivity contribution in [3.05, 3.63) is 57.0 Å². The molecule has 0 spiro atoms. The van der Waals surface area contributed by atoms with Crippen LogP contribution in [0.15, 0.2) is 40.9 Å². The molecule has 3 nitrogen and oxygen atoms in total. The lowest BCUT2D eigenvalue weighted by molar-refractivity contribution is 0.304. The fraction of sp³-hybridized carbons (Fsp3) is 0.0714. The second-order valence-electron chi connectivity index (χ2n) is 3.90. The molecule has 0 fully saturated rings.